The number of benzene rings is 1. The van der Waals surface area contributed by atoms with E-state index in [1.807, 2.05) is 0 Å². The normalized spacial score (nSPS) is 11.9. The van der Waals surface area contributed by atoms with E-state index in [-0.39, 0.29) is 12.2 Å². The van der Waals surface area contributed by atoms with Crippen LogP contribution in [0.15, 0.2) is 18.2 Å². The van der Waals surface area contributed by atoms with Gasteiger partial charge in [0.1, 0.15) is 17.7 Å². The average Bonchev–Trinajstić information content (AvgIpc) is 2.29. The van der Waals surface area contributed by atoms with Crippen molar-refractivity contribution in [3.05, 3.63) is 29.8 Å². The molecule has 3 N–H and O–H groups in total. The van der Waals surface area contributed by atoms with E-state index >= 15 is 0 Å². The first-order chi connectivity index (χ1) is 8.40. The van der Waals surface area contributed by atoms with Crippen molar-refractivity contribution in [2.45, 2.75) is 13.0 Å². The second-order valence-electron chi connectivity index (χ2n) is 3.61. The Morgan fingerprint density at radius 1 is 1.39 bits per heavy atom. The van der Waals surface area contributed by atoms with Crippen LogP contribution in [0.5, 0.6) is 0 Å². The van der Waals surface area contributed by atoms with E-state index in [1.165, 1.54) is 6.92 Å². The first kappa shape index (κ1) is 14.0. The van der Waals surface area contributed by atoms with E-state index < -0.39 is 29.6 Å². The van der Waals surface area contributed by atoms with Gasteiger partial charge in [-0.25, -0.2) is 8.78 Å². The molecule has 0 saturated heterocycles. The number of carbonyl (C=O) groups excluding carboxylic acids is 1. The van der Waals surface area contributed by atoms with Gasteiger partial charge < -0.3 is 10.4 Å². The number of carboxylic acid groups (broad SMARTS) is 1. The van der Waals surface area contributed by atoms with Gasteiger partial charge in [-0.15, -0.1) is 0 Å². The van der Waals surface area contributed by atoms with Gasteiger partial charge in [-0.2, -0.15) is 0 Å². The molecule has 0 aliphatic carbocycles. The summed E-state index contributed by atoms with van der Waals surface area (Å²) >= 11 is 0. The van der Waals surface area contributed by atoms with Crippen LogP contribution >= 0.6 is 0 Å². The lowest BCUT2D eigenvalue weighted by Gasteiger charge is -2.10. The number of anilines is 1. The number of rotatable bonds is 5. The summed E-state index contributed by atoms with van der Waals surface area (Å²) in [6.45, 7) is 1.08. The van der Waals surface area contributed by atoms with Crippen molar-refractivity contribution in [1.82, 2.24) is 5.32 Å². The second kappa shape index (κ2) is 6.06. The van der Waals surface area contributed by atoms with Crippen molar-refractivity contribution in [3.8, 4) is 0 Å². The highest BCUT2D eigenvalue weighted by Gasteiger charge is 2.13. The number of hydrogen-bond acceptors (Lipinski definition) is 3. The molecule has 5 nitrogen and oxygen atoms in total. The van der Waals surface area contributed by atoms with Crippen LogP contribution in [-0.2, 0) is 9.59 Å². The number of carboxylic acids is 1. The molecular weight excluding hydrogens is 246 g/mol. The molecule has 0 unspecified atom stereocenters. The summed E-state index contributed by atoms with van der Waals surface area (Å²) in [5.74, 6) is -3.36. The molecule has 0 radical (unpaired) electrons. The SMILES string of the molecule is C[C@H](NCC(=O)Nc1ccc(F)cc1F)C(=O)O. The summed E-state index contributed by atoms with van der Waals surface area (Å²) < 4.78 is 25.8. The van der Waals surface area contributed by atoms with E-state index in [0.29, 0.717) is 6.07 Å². The van der Waals surface area contributed by atoms with Gasteiger partial charge >= 0.3 is 5.97 Å². The lowest BCUT2D eigenvalue weighted by molar-refractivity contribution is -0.139. The average molecular weight is 258 g/mol. The minimum absolute atomic E-state index is 0.161. The maximum Gasteiger partial charge on any atom is 0.320 e. The maximum absolute atomic E-state index is 13.2. The first-order valence-electron chi connectivity index (χ1n) is 5.11. The monoisotopic (exact) mass is 258 g/mol. The number of nitrogens with one attached hydrogen (secondary N) is 2. The van der Waals surface area contributed by atoms with E-state index in [1.54, 1.807) is 0 Å². The summed E-state index contributed by atoms with van der Waals surface area (Å²) in [5.41, 5.74) is -0.161. The zero-order chi connectivity index (χ0) is 13.7. The summed E-state index contributed by atoms with van der Waals surface area (Å²) in [6.07, 6.45) is 0. The topological polar surface area (TPSA) is 78.4 Å². The number of amides is 1. The van der Waals surface area contributed by atoms with Gasteiger partial charge in [0.2, 0.25) is 5.91 Å². The smallest absolute Gasteiger partial charge is 0.320 e. The number of aliphatic carboxylic acids is 1. The number of halogens is 2. The summed E-state index contributed by atoms with van der Waals surface area (Å²) in [6, 6.07) is 1.84. The molecule has 0 aliphatic heterocycles. The second-order valence-corrected chi connectivity index (χ2v) is 3.61. The van der Waals surface area contributed by atoms with Gasteiger partial charge in [-0.05, 0) is 19.1 Å². The summed E-state index contributed by atoms with van der Waals surface area (Å²) in [5, 5.41) is 13.2. The van der Waals surface area contributed by atoms with E-state index in [0.717, 1.165) is 12.1 Å². The molecule has 7 heteroatoms. The Hall–Kier alpha value is -2.02. The highest BCUT2D eigenvalue weighted by molar-refractivity contribution is 5.92. The van der Waals surface area contributed by atoms with Gasteiger partial charge in [0, 0.05) is 6.07 Å². The van der Waals surface area contributed by atoms with Crippen LogP contribution in [-0.4, -0.2) is 29.6 Å². The van der Waals surface area contributed by atoms with Gasteiger partial charge in [0.15, 0.2) is 0 Å². The van der Waals surface area contributed by atoms with Crippen molar-refractivity contribution in [3.63, 3.8) is 0 Å². The van der Waals surface area contributed by atoms with E-state index in [9.17, 15) is 18.4 Å². The van der Waals surface area contributed by atoms with Gasteiger partial charge in [0.25, 0.3) is 0 Å². The third-order valence-corrected chi connectivity index (χ3v) is 2.14. The van der Waals surface area contributed by atoms with Crippen LogP contribution in [0.2, 0.25) is 0 Å². The molecule has 0 spiro atoms. The predicted octanol–water partition coefficient (Wildman–Crippen LogP) is 0.966. The van der Waals surface area contributed by atoms with Crippen molar-refractivity contribution in [2.75, 3.05) is 11.9 Å². The third-order valence-electron chi connectivity index (χ3n) is 2.14. The summed E-state index contributed by atoms with van der Waals surface area (Å²) in [7, 11) is 0. The van der Waals surface area contributed by atoms with Crippen LogP contribution in [0.3, 0.4) is 0 Å². The van der Waals surface area contributed by atoms with Crippen LogP contribution < -0.4 is 10.6 Å². The fraction of sp³-hybridized carbons (Fsp3) is 0.273. The highest BCUT2D eigenvalue weighted by atomic mass is 19.1. The Balaban J connectivity index is 2.52. The number of carbonyl (C=O) groups is 2. The van der Waals surface area contributed by atoms with Crippen molar-refractivity contribution in [2.24, 2.45) is 0 Å². The Morgan fingerprint density at radius 3 is 2.61 bits per heavy atom. The molecule has 1 rings (SSSR count). The molecule has 1 amide bonds. The molecule has 0 bridgehead atoms. The molecule has 18 heavy (non-hydrogen) atoms. The van der Waals surface area contributed by atoms with Crippen LogP contribution in [0.4, 0.5) is 14.5 Å². The first-order valence-corrected chi connectivity index (χ1v) is 5.11. The van der Waals surface area contributed by atoms with Crippen molar-refractivity contribution < 1.29 is 23.5 Å². The standard InChI is InChI=1S/C11H12F2N2O3/c1-6(11(17)18)14-5-10(16)15-9-3-2-7(12)4-8(9)13/h2-4,6,14H,5H2,1H3,(H,15,16)(H,17,18)/t6-/m0/s1. The minimum Gasteiger partial charge on any atom is -0.480 e. The lowest BCUT2D eigenvalue weighted by atomic mass is 10.3. The molecule has 0 heterocycles. The Morgan fingerprint density at radius 2 is 2.06 bits per heavy atom. The fourth-order valence-electron chi connectivity index (χ4n) is 1.12. The van der Waals surface area contributed by atoms with Crippen molar-refractivity contribution in [1.29, 1.82) is 0 Å². The van der Waals surface area contributed by atoms with Crippen molar-refractivity contribution >= 4 is 17.6 Å². The summed E-state index contributed by atoms with van der Waals surface area (Å²) in [4.78, 5) is 21.8. The zero-order valence-electron chi connectivity index (χ0n) is 9.54. The molecule has 0 aromatic heterocycles. The third kappa shape index (κ3) is 4.10. The lowest BCUT2D eigenvalue weighted by Crippen LogP contribution is -2.39. The molecule has 98 valence electrons. The van der Waals surface area contributed by atoms with Crippen LogP contribution in [0, 0.1) is 11.6 Å². The molecule has 0 fully saturated rings. The molecule has 0 aliphatic rings. The number of hydrogen-bond donors (Lipinski definition) is 3. The van der Waals surface area contributed by atoms with E-state index in [2.05, 4.69) is 10.6 Å². The van der Waals surface area contributed by atoms with Gasteiger partial charge in [0.05, 0.1) is 12.2 Å². The molecule has 1 atom stereocenters. The predicted molar refractivity (Wildman–Crippen MR) is 60.1 cm³/mol. The van der Waals surface area contributed by atoms with Crippen LogP contribution in [0.25, 0.3) is 0 Å². The Kier molecular flexibility index (Phi) is 4.73. The quantitative estimate of drug-likeness (QED) is 0.735. The minimum atomic E-state index is -1.10. The largest absolute Gasteiger partial charge is 0.480 e. The maximum atomic E-state index is 13.2. The molecular formula is C11H12F2N2O3. The zero-order valence-corrected chi connectivity index (χ0v) is 9.54. The molecule has 1 aromatic carbocycles. The highest BCUT2D eigenvalue weighted by Crippen LogP contribution is 2.14. The van der Waals surface area contributed by atoms with E-state index in [4.69, 9.17) is 5.11 Å². The Labute approximate surface area is 102 Å². The molecule has 1 aromatic rings. The van der Waals surface area contributed by atoms with Crippen LogP contribution in [0.1, 0.15) is 6.92 Å². The Bertz CT molecular complexity index is 466. The molecule has 0 saturated carbocycles. The van der Waals surface area contributed by atoms with Gasteiger partial charge in [-0.3, -0.25) is 14.9 Å². The fourth-order valence-corrected chi connectivity index (χ4v) is 1.12. The van der Waals surface area contributed by atoms with Gasteiger partial charge in [-0.1, -0.05) is 0 Å².